The molecule has 0 atom stereocenters. The molecule has 316 valence electrons. The van der Waals surface area contributed by atoms with Gasteiger partial charge in [-0.3, -0.25) is 0 Å². The Kier molecular flexibility index (Phi) is 10.2. The second-order valence-electron chi connectivity index (χ2n) is 17.1. The second kappa shape index (κ2) is 17.2. The van der Waals surface area contributed by atoms with Crippen LogP contribution in [0.1, 0.15) is 5.56 Å². The highest BCUT2D eigenvalue weighted by Crippen LogP contribution is 2.40. The van der Waals surface area contributed by atoms with Crippen LogP contribution in [0, 0.1) is 11.3 Å². The first-order valence-corrected chi connectivity index (χ1v) is 22.8. The quantitative estimate of drug-likeness (QED) is 0.113. The van der Waals surface area contributed by atoms with E-state index < -0.39 is 0 Å². The third-order valence-corrected chi connectivity index (χ3v) is 13.0. The van der Waals surface area contributed by atoms with Crippen molar-refractivity contribution >= 4 is 32.3 Å². The number of rotatable bonds is 8. The first-order valence-electron chi connectivity index (χ1n) is 22.8. The molecular weight excluding hydrogens is 825 g/mol. The van der Waals surface area contributed by atoms with Crippen molar-refractivity contribution in [1.29, 1.82) is 5.26 Å². The van der Waals surface area contributed by atoms with Gasteiger partial charge in [-0.1, -0.05) is 218 Å². The predicted molar refractivity (Wildman–Crippen MR) is 281 cm³/mol. The monoisotopic (exact) mass is 864 g/mol. The van der Waals surface area contributed by atoms with E-state index in [4.69, 9.17) is 15.0 Å². The van der Waals surface area contributed by atoms with Gasteiger partial charge >= 0.3 is 0 Å². The Morgan fingerprint density at radius 2 is 0.750 bits per heavy atom. The number of aromatic nitrogens is 3. The van der Waals surface area contributed by atoms with E-state index in [0.717, 1.165) is 55.6 Å². The molecule has 12 aromatic rings. The lowest BCUT2D eigenvalue weighted by molar-refractivity contribution is 1.07. The normalized spacial score (nSPS) is 11.2. The van der Waals surface area contributed by atoms with Gasteiger partial charge in [-0.2, -0.15) is 5.26 Å². The summed E-state index contributed by atoms with van der Waals surface area (Å²) in [6.07, 6.45) is 0. The molecule has 0 unspecified atom stereocenters. The third kappa shape index (κ3) is 7.54. The molecule has 1 heterocycles. The molecule has 0 amide bonds. The zero-order valence-corrected chi connectivity index (χ0v) is 36.9. The molecule has 0 fully saturated rings. The van der Waals surface area contributed by atoms with E-state index in [1.54, 1.807) is 0 Å². The molecule has 0 saturated heterocycles. The Bertz CT molecular complexity index is 3870. The molecule has 0 aliphatic carbocycles. The lowest BCUT2D eigenvalue weighted by Crippen LogP contribution is -2.01. The van der Waals surface area contributed by atoms with Crippen LogP contribution >= 0.6 is 0 Å². The zero-order chi connectivity index (χ0) is 45.4. The van der Waals surface area contributed by atoms with Crippen molar-refractivity contribution in [2.45, 2.75) is 0 Å². The molecule has 0 aliphatic heterocycles. The van der Waals surface area contributed by atoms with Gasteiger partial charge in [0.1, 0.15) is 0 Å². The highest BCUT2D eigenvalue weighted by Gasteiger charge is 2.17. The van der Waals surface area contributed by atoms with Gasteiger partial charge in [0.25, 0.3) is 0 Å². The highest BCUT2D eigenvalue weighted by atomic mass is 15.0. The van der Waals surface area contributed by atoms with E-state index in [-0.39, 0.29) is 0 Å². The van der Waals surface area contributed by atoms with Crippen molar-refractivity contribution in [3.05, 3.63) is 248 Å². The fraction of sp³-hybridized carbons (Fsp3) is 0. The smallest absolute Gasteiger partial charge is 0.164 e. The van der Waals surface area contributed by atoms with E-state index in [2.05, 4.69) is 182 Å². The summed E-state index contributed by atoms with van der Waals surface area (Å²) >= 11 is 0. The molecule has 0 N–H and O–H groups in total. The maximum absolute atomic E-state index is 9.37. The molecule has 12 rings (SSSR count). The average molecular weight is 865 g/mol. The lowest BCUT2D eigenvalue weighted by atomic mass is 9.89. The number of hydrogen-bond acceptors (Lipinski definition) is 4. The van der Waals surface area contributed by atoms with Gasteiger partial charge in [-0.15, -0.1) is 0 Å². The van der Waals surface area contributed by atoms with Crippen molar-refractivity contribution < 1.29 is 0 Å². The number of nitrogens with zero attached hydrogens (tertiary/aromatic N) is 4. The molecule has 0 aliphatic rings. The molecule has 0 spiro atoms. The maximum Gasteiger partial charge on any atom is 0.164 e. The molecule has 68 heavy (non-hydrogen) atoms. The molecule has 0 bridgehead atoms. The van der Waals surface area contributed by atoms with Crippen LogP contribution in [0.5, 0.6) is 0 Å². The summed E-state index contributed by atoms with van der Waals surface area (Å²) in [7, 11) is 0. The summed E-state index contributed by atoms with van der Waals surface area (Å²) in [6, 6.07) is 87.2. The van der Waals surface area contributed by atoms with Crippen LogP contribution in [0.15, 0.2) is 243 Å². The SMILES string of the molecule is N#Cc1ccc(-c2cccc(-c3nc(-c4ccc(-c5ccc(-c6ccc(-c7c8ccccc8cc8c7ccc7ccccc78)cc6)cc5)cc4)nc(-c4ccccc4-c4ccccc4)n3)c2)cc1. The molecule has 0 saturated carbocycles. The Balaban J connectivity index is 0.863. The third-order valence-electron chi connectivity index (χ3n) is 13.0. The van der Waals surface area contributed by atoms with Crippen LogP contribution in [0.3, 0.4) is 0 Å². The molecule has 4 nitrogen and oxygen atoms in total. The van der Waals surface area contributed by atoms with Gasteiger partial charge in [-0.05, 0) is 112 Å². The minimum atomic E-state index is 0.579. The van der Waals surface area contributed by atoms with Crippen LogP contribution < -0.4 is 0 Å². The lowest BCUT2D eigenvalue weighted by Gasteiger charge is -2.14. The van der Waals surface area contributed by atoms with Gasteiger partial charge < -0.3 is 0 Å². The molecule has 11 aromatic carbocycles. The van der Waals surface area contributed by atoms with Crippen molar-refractivity contribution in [3.63, 3.8) is 0 Å². The van der Waals surface area contributed by atoms with E-state index in [1.165, 1.54) is 49.0 Å². The fourth-order valence-corrected chi connectivity index (χ4v) is 9.50. The van der Waals surface area contributed by atoms with E-state index in [1.807, 2.05) is 66.7 Å². The number of hydrogen-bond donors (Lipinski definition) is 0. The molecule has 0 radical (unpaired) electrons. The second-order valence-corrected chi connectivity index (χ2v) is 17.1. The van der Waals surface area contributed by atoms with E-state index in [0.29, 0.717) is 23.0 Å². The largest absolute Gasteiger partial charge is 0.208 e. The standard InChI is InChI=1S/C64H40N4/c65-41-42-21-23-47(24-22-42)52-15-10-16-54(39-52)63-66-62(67-64(68-63)59-20-9-8-17-55(59)48-11-2-1-3-12-48)51-35-31-46(32-36-51)44-27-25-43(26-28-44)45-29-33-50(34-30-45)61-57-19-7-5-14-53(57)40-60-56-18-6-4-13-49(56)37-38-58(60)61/h1-40H. The highest BCUT2D eigenvalue weighted by molar-refractivity contribution is 6.20. The number of nitriles is 1. The van der Waals surface area contributed by atoms with Crippen LogP contribution in [0.2, 0.25) is 0 Å². The summed E-state index contributed by atoms with van der Waals surface area (Å²) < 4.78 is 0. The van der Waals surface area contributed by atoms with E-state index >= 15 is 0 Å². The predicted octanol–water partition coefficient (Wildman–Crippen LogP) is 16.5. The minimum Gasteiger partial charge on any atom is -0.208 e. The van der Waals surface area contributed by atoms with Crippen molar-refractivity contribution in [2.75, 3.05) is 0 Å². The van der Waals surface area contributed by atoms with Gasteiger partial charge in [0.15, 0.2) is 17.5 Å². The Morgan fingerprint density at radius 3 is 1.43 bits per heavy atom. The molecular formula is C64H40N4. The summed E-state index contributed by atoms with van der Waals surface area (Å²) in [5.41, 5.74) is 14.5. The van der Waals surface area contributed by atoms with Crippen molar-refractivity contribution in [2.24, 2.45) is 0 Å². The zero-order valence-electron chi connectivity index (χ0n) is 36.9. The van der Waals surface area contributed by atoms with Crippen molar-refractivity contribution in [1.82, 2.24) is 15.0 Å². The summed E-state index contributed by atoms with van der Waals surface area (Å²) in [6.45, 7) is 0. The van der Waals surface area contributed by atoms with Gasteiger partial charge in [0, 0.05) is 16.7 Å². The van der Waals surface area contributed by atoms with Crippen LogP contribution in [0.25, 0.3) is 122 Å². The summed E-state index contributed by atoms with van der Waals surface area (Å²) in [5.74, 6) is 1.77. The van der Waals surface area contributed by atoms with Gasteiger partial charge in [-0.25, -0.2) is 15.0 Å². The Morgan fingerprint density at radius 1 is 0.265 bits per heavy atom. The molecule has 1 aromatic heterocycles. The van der Waals surface area contributed by atoms with Crippen molar-refractivity contribution in [3.8, 4) is 95.9 Å². The Labute approximate surface area is 394 Å². The first kappa shape index (κ1) is 40.2. The summed E-state index contributed by atoms with van der Waals surface area (Å²) in [5, 5.41) is 16.9. The van der Waals surface area contributed by atoms with Crippen LogP contribution in [0.4, 0.5) is 0 Å². The Hall–Kier alpha value is -9.30. The van der Waals surface area contributed by atoms with E-state index in [9.17, 15) is 5.26 Å². The van der Waals surface area contributed by atoms with Gasteiger partial charge in [0.2, 0.25) is 0 Å². The number of benzene rings is 11. The van der Waals surface area contributed by atoms with Crippen LogP contribution in [-0.2, 0) is 0 Å². The first-order chi connectivity index (χ1) is 33.6. The average Bonchev–Trinajstić information content (AvgIpc) is 3.42. The topological polar surface area (TPSA) is 62.5 Å². The van der Waals surface area contributed by atoms with Gasteiger partial charge in [0.05, 0.1) is 11.6 Å². The van der Waals surface area contributed by atoms with Crippen LogP contribution in [-0.4, -0.2) is 15.0 Å². The fourth-order valence-electron chi connectivity index (χ4n) is 9.50. The molecule has 4 heteroatoms. The maximum atomic E-state index is 9.37. The summed E-state index contributed by atoms with van der Waals surface area (Å²) in [4.78, 5) is 15.4. The number of fused-ring (bicyclic) bond motifs is 4. The minimum absolute atomic E-state index is 0.579.